The van der Waals surface area contributed by atoms with Crippen LogP contribution in [0.15, 0.2) is 23.4 Å². The molecule has 0 amide bonds. The van der Waals surface area contributed by atoms with E-state index in [4.69, 9.17) is 11.6 Å². The van der Waals surface area contributed by atoms with Crippen LogP contribution in [0, 0.1) is 6.92 Å². The molecule has 23 heavy (non-hydrogen) atoms. The number of thioether (sulfide) groups is 1. The van der Waals surface area contributed by atoms with Crippen molar-refractivity contribution >= 4 is 34.5 Å². The lowest BCUT2D eigenvalue weighted by Gasteiger charge is -2.07. The third-order valence-corrected chi connectivity index (χ3v) is 4.04. The van der Waals surface area contributed by atoms with Crippen LogP contribution in [-0.4, -0.2) is 26.2 Å². The highest BCUT2D eigenvalue weighted by Gasteiger charge is 2.37. The van der Waals surface area contributed by atoms with Gasteiger partial charge in [0, 0.05) is 5.56 Å². The summed E-state index contributed by atoms with van der Waals surface area (Å²) in [5, 5.41) is 0.402. The van der Waals surface area contributed by atoms with Crippen LogP contribution < -0.4 is 0 Å². The zero-order valence-electron chi connectivity index (χ0n) is 12.0. The van der Waals surface area contributed by atoms with Gasteiger partial charge in [-0.3, -0.25) is 0 Å². The summed E-state index contributed by atoms with van der Waals surface area (Å²) in [7, 11) is 0. The van der Waals surface area contributed by atoms with E-state index in [1.54, 1.807) is 24.5 Å². The molecule has 0 saturated heterocycles. The van der Waals surface area contributed by atoms with Crippen LogP contribution in [0.3, 0.4) is 0 Å². The number of aromatic amines is 1. The molecular formula is C14H10ClF3N4S. The van der Waals surface area contributed by atoms with E-state index in [1.807, 2.05) is 6.92 Å². The molecule has 0 atom stereocenters. The van der Waals surface area contributed by atoms with E-state index in [0.717, 1.165) is 17.3 Å². The van der Waals surface area contributed by atoms with Crippen molar-refractivity contribution in [2.75, 3.05) is 6.26 Å². The largest absolute Gasteiger partial charge is 0.435 e. The van der Waals surface area contributed by atoms with Crippen LogP contribution in [-0.2, 0) is 6.18 Å². The van der Waals surface area contributed by atoms with E-state index in [2.05, 4.69) is 19.9 Å². The van der Waals surface area contributed by atoms with Gasteiger partial charge in [-0.15, -0.1) is 0 Å². The van der Waals surface area contributed by atoms with E-state index >= 15 is 0 Å². The number of aryl methyl sites for hydroxylation is 1. The van der Waals surface area contributed by atoms with Gasteiger partial charge < -0.3 is 4.98 Å². The quantitative estimate of drug-likeness (QED) is 0.532. The Labute approximate surface area is 138 Å². The Hall–Kier alpha value is -1.80. The molecule has 0 unspecified atom stereocenters. The van der Waals surface area contributed by atoms with Crippen molar-refractivity contribution < 1.29 is 13.2 Å². The van der Waals surface area contributed by atoms with E-state index in [1.165, 1.54) is 0 Å². The Morgan fingerprint density at radius 2 is 1.91 bits per heavy atom. The summed E-state index contributed by atoms with van der Waals surface area (Å²) in [6, 6.07) is 5.22. The number of H-pyrrole nitrogens is 1. The average molecular weight is 359 g/mol. The first kappa shape index (κ1) is 16.1. The van der Waals surface area contributed by atoms with Crippen molar-refractivity contribution in [3.05, 3.63) is 34.5 Å². The molecule has 0 aliphatic carbocycles. The Balaban J connectivity index is 2.28. The molecule has 3 rings (SSSR count). The number of hydrogen-bond donors (Lipinski definition) is 1. The first-order valence-corrected chi connectivity index (χ1v) is 8.05. The van der Waals surface area contributed by atoms with Crippen molar-refractivity contribution in [2.45, 2.75) is 18.3 Å². The minimum atomic E-state index is -4.61. The van der Waals surface area contributed by atoms with Gasteiger partial charge in [0.25, 0.3) is 0 Å². The highest BCUT2D eigenvalue weighted by atomic mass is 35.5. The summed E-state index contributed by atoms with van der Waals surface area (Å²) in [6.07, 6.45) is -3.00. The molecular weight excluding hydrogens is 349 g/mol. The van der Waals surface area contributed by atoms with Crippen molar-refractivity contribution in [3.63, 3.8) is 0 Å². The molecule has 2 heterocycles. The number of imidazole rings is 1. The number of alkyl halides is 3. The van der Waals surface area contributed by atoms with Crippen LogP contribution >= 0.6 is 23.4 Å². The van der Waals surface area contributed by atoms with Crippen molar-refractivity contribution in [1.82, 2.24) is 19.9 Å². The van der Waals surface area contributed by atoms with Crippen LogP contribution in [0.1, 0.15) is 11.3 Å². The molecule has 120 valence electrons. The molecule has 9 heteroatoms. The van der Waals surface area contributed by atoms with Gasteiger partial charge in [-0.2, -0.15) is 13.2 Å². The zero-order valence-corrected chi connectivity index (χ0v) is 13.6. The average Bonchev–Trinajstić information content (AvgIpc) is 2.91. The van der Waals surface area contributed by atoms with Gasteiger partial charge in [0.1, 0.15) is 11.3 Å². The lowest BCUT2D eigenvalue weighted by atomic mass is 10.1. The minimum absolute atomic E-state index is 0.0122. The van der Waals surface area contributed by atoms with E-state index in [0.29, 0.717) is 10.6 Å². The molecule has 0 bridgehead atoms. The first-order valence-electron chi connectivity index (χ1n) is 6.45. The van der Waals surface area contributed by atoms with Crippen LogP contribution in [0.4, 0.5) is 13.2 Å². The van der Waals surface area contributed by atoms with Crippen LogP contribution in [0.2, 0.25) is 5.02 Å². The summed E-state index contributed by atoms with van der Waals surface area (Å²) >= 11 is 7.15. The summed E-state index contributed by atoms with van der Waals surface area (Å²) < 4.78 is 39.6. The highest BCUT2D eigenvalue weighted by molar-refractivity contribution is 7.98. The molecule has 0 spiro atoms. The molecule has 2 aromatic heterocycles. The summed E-state index contributed by atoms with van der Waals surface area (Å²) in [4.78, 5) is 14.4. The highest BCUT2D eigenvalue weighted by Crippen LogP contribution is 2.35. The fourth-order valence-electron chi connectivity index (χ4n) is 2.12. The first-order chi connectivity index (χ1) is 10.8. The third-order valence-electron chi connectivity index (χ3n) is 3.16. The molecule has 0 aliphatic rings. The smallest absolute Gasteiger partial charge is 0.335 e. The van der Waals surface area contributed by atoms with Gasteiger partial charge in [-0.25, -0.2) is 15.0 Å². The monoisotopic (exact) mass is 358 g/mol. The lowest BCUT2D eigenvalue weighted by molar-refractivity contribution is -0.140. The van der Waals surface area contributed by atoms with E-state index < -0.39 is 11.9 Å². The molecule has 0 saturated carbocycles. The molecule has 4 nitrogen and oxygen atoms in total. The van der Waals surface area contributed by atoms with Crippen LogP contribution in [0.5, 0.6) is 0 Å². The minimum Gasteiger partial charge on any atom is -0.335 e. The normalized spacial score (nSPS) is 12.1. The number of halogens is 4. The van der Waals surface area contributed by atoms with Gasteiger partial charge in [0.2, 0.25) is 0 Å². The van der Waals surface area contributed by atoms with Crippen molar-refractivity contribution in [3.8, 4) is 11.4 Å². The van der Waals surface area contributed by atoms with Gasteiger partial charge in [0.05, 0.1) is 5.02 Å². The van der Waals surface area contributed by atoms with Crippen molar-refractivity contribution in [1.29, 1.82) is 0 Å². The fraction of sp³-hybridized carbons (Fsp3) is 0.214. The lowest BCUT2D eigenvalue weighted by Crippen LogP contribution is -2.10. The molecule has 0 radical (unpaired) electrons. The van der Waals surface area contributed by atoms with Gasteiger partial charge in [0.15, 0.2) is 16.5 Å². The standard InChI is InChI=1S/C14H10ClF3N4S/c1-6-3-4-8(15)7(5-6)11-19-9-10(14(16,17)18)20-13(23-2)22-12(9)21-11/h3-5H,1-2H3,(H,19,20,21,22). The maximum absolute atomic E-state index is 13.2. The van der Waals surface area contributed by atoms with Gasteiger partial charge in [-0.05, 0) is 25.3 Å². The number of rotatable bonds is 2. The number of hydrogen-bond acceptors (Lipinski definition) is 4. The Kier molecular flexibility index (Phi) is 3.97. The molecule has 0 aliphatic heterocycles. The van der Waals surface area contributed by atoms with Gasteiger partial charge >= 0.3 is 6.18 Å². The number of nitrogens with zero attached hydrogens (tertiary/aromatic N) is 3. The third kappa shape index (κ3) is 3.00. The molecule has 1 aromatic carbocycles. The maximum atomic E-state index is 13.2. The molecule has 0 fully saturated rings. The number of benzene rings is 1. The summed E-state index contributed by atoms with van der Waals surface area (Å²) in [5.74, 6) is 0.228. The number of nitrogens with one attached hydrogen (secondary N) is 1. The van der Waals surface area contributed by atoms with Crippen LogP contribution in [0.25, 0.3) is 22.6 Å². The molecule has 1 N–H and O–H groups in total. The Bertz CT molecular complexity index is 892. The Morgan fingerprint density at radius 3 is 2.57 bits per heavy atom. The summed E-state index contributed by atoms with van der Waals surface area (Å²) in [6.45, 7) is 1.86. The fourth-order valence-corrected chi connectivity index (χ4v) is 2.69. The second-order valence-electron chi connectivity index (χ2n) is 4.82. The zero-order chi connectivity index (χ0) is 16.8. The number of fused-ring (bicyclic) bond motifs is 1. The Morgan fingerprint density at radius 1 is 1.17 bits per heavy atom. The van der Waals surface area contributed by atoms with E-state index in [9.17, 15) is 13.2 Å². The predicted molar refractivity (Wildman–Crippen MR) is 83.6 cm³/mol. The predicted octanol–water partition coefficient (Wildman–Crippen LogP) is 4.72. The number of aromatic nitrogens is 4. The van der Waals surface area contributed by atoms with Crippen molar-refractivity contribution in [2.24, 2.45) is 0 Å². The molecule has 3 aromatic rings. The SMILES string of the molecule is CSc1nc(C(F)(F)F)c2[nH]c(-c3cc(C)ccc3Cl)nc2n1. The van der Waals surface area contributed by atoms with E-state index in [-0.39, 0.29) is 22.1 Å². The second kappa shape index (κ2) is 5.68. The van der Waals surface area contributed by atoms with Gasteiger partial charge in [-0.1, -0.05) is 35.0 Å². The second-order valence-corrected chi connectivity index (χ2v) is 6.00. The topological polar surface area (TPSA) is 54.5 Å². The maximum Gasteiger partial charge on any atom is 0.435 e. The summed E-state index contributed by atoms with van der Waals surface area (Å²) in [5.41, 5.74) is 0.113.